The van der Waals surface area contributed by atoms with Crippen LogP contribution in [0.5, 0.6) is 0 Å². The second kappa shape index (κ2) is 10.1. The molecule has 8 nitrogen and oxygen atoms in total. The van der Waals surface area contributed by atoms with Crippen molar-refractivity contribution in [2.45, 2.75) is 32.3 Å². The second-order valence-electron chi connectivity index (χ2n) is 9.82. The molecule has 186 valence electrons. The Kier molecular flexibility index (Phi) is 7.12. The van der Waals surface area contributed by atoms with E-state index in [9.17, 15) is 19.5 Å². The number of fused-ring (bicyclic) bond motifs is 3. The number of carbonyl (C=O) groups excluding carboxylic acids is 2. The van der Waals surface area contributed by atoms with Gasteiger partial charge in [0.05, 0.1) is 6.10 Å². The molecular weight excluding hydrogens is 448 g/mol. The smallest absolute Gasteiger partial charge is 0.407 e. The van der Waals surface area contributed by atoms with Crippen molar-refractivity contribution in [2.24, 2.45) is 11.3 Å². The predicted molar refractivity (Wildman–Crippen MR) is 130 cm³/mol. The van der Waals surface area contributed by atoms with Gasteiger partial charge in [-0.1, -0.05) is 62.4 Å². The minimum absolute atomic E-state index is 0.0164. The summed E-state index contributed by atoms with van der Waals surface area (Å²) in [6.07, 6.45) is -0.657. The summed E-state index contributed by atoms with van der Waals surface area (Å²) in [5.41, 5.74) is 3.85. The van der Waals surface area contributed by atoms with Crippen molar-refractivity contribution in [3.8, 4) is 11.1 Å². The largest absolute Gasteiger partial charge is 0.481 e. The fraction of sp³-hybridized carbons (Fsp3) is 0.444. The zero-order chi connectivity index (χ0) is 25.2. The molecule has 0 spiro atoms. The van der Waals surface area contributed by atoms with Crippen molar-refractivity contribution in [1.29, 1.82) is 0 Å². The number of hydrogen-bond donors (Lipinski definition) is 2. The van der Waals surface area contributed by atoms with Gasteiger partial charge in [0.2, 0.25) is 5.91 Å². The number of nitrogens with zero attached hydrogens (tertiary/aromatic N) is 1. The number of aliphatic carboxylic acids is 1. The molecule has 2 amide bonds. The molecule has 2 N–H and O–H groups in total. The van der Waals surface area contributed by atoms with Gasteiger partial charge in [0, 0.05) is 38.1 Å². The zero-order valence-electron chi connectivity index (χ0n) is 20.3. The Morgan fingerprint density at radius 2 is 1.63 bits per heavy atom. The van der Waals surface area contributed by atoms with E-state index in [2.05, 4.69) is 29.6 Å². The van der Waals surface area contributed by atoms with Gasteiger partial charge in [0.25, 0.3) is 0 Å². The number of likely N-dealkylation sites (tertiary alicyclic amines) is 1. The van der Waals surface area contributed by atoms with Gasteiger partial charge >= 0.3 is 12.1 Å². The number of benzene rings is 2. The summed E-state index contributed by atoms with van der Waals surface area (Å²) in [6.45, 7) is 4.45. The third-order valence-corrected chi connectivity index (χ3v) is 7.12. The molecular formula is C27H32N2O6. The number of hydrogen-bond acceptors (Lipinski definition) is 5. The number of alkyl carbamates (subject to hydrolysis) is 1. The molecule has 2 aromatic rings. The Bertz CT molecular complexity index is 1070. The van der Waals surface area contributed by atoms with Gasteiger partial charge in [-0.25, -0.2) is 4.79 Å². The minimum Gasteiger partial charge on any atom is -0.481 e. The topological polar surface area (TPSA) is 105 Å². The van der Waals surface area contributed by atoms with Gasteiger partial charge in [-0.2, -0.15) is 0 Å². The number of methoxy groups -OCH3 is 1. The highest BCUT2D eigenvalue weighted by molar-refractivity contribution is 5.84. The van der Waals surface area contributed by atoms with E-state index in [1.54, 1.807) is 18.7 Å². The van der Waals surface area contributed by atoms with Gasteiger partial charge in [-0.05, 0) is 28.7 Å². The molecule has 2 atom stereocenters. The van der Waals surface area contributed by atoms with Gasteiger partial charge in [-0.15, -0.1) is 0 Å². The van der Waals surface area contributed by atoms with Gasteiger partial charge < -0.3 is 24.8 Å². The molecule has 2 unspecified atom stereocenters. The number of rotatable bonds is 8. The van der Waals surface area contributed by atoms with E-state index in [-0.39, 0.29) is 38.1 Å². The first-order valence-electron chi connectivity index (χ1n) is 11.9. The van der Waals surface area contributed by atoms with Crippen LogP contribution in [-0.4, -0.2) is 67.4 Å². The Morgan fingerprint density at radius 1 is 1.03 bits per heavy atom. The maximum atomic E-state index is 13.0. The first-order valence-corrected chi connectivity index (χ1v) is 11.9. The normalized spacial score (nSPS) is 19.2. The summed E-state index contributed by atoms with van der Waals surface area (Å²) in [7, 11) is 1.46. The number of nitrogens with one attached hydrogen (secondary N) is 1. The van der Waals surface area contributed by atoms with Crippen LogP contribution in [0.1, 0.15) is 37.3 Å². The van der Waals surface area contributed by atoms with Crippen molar-refractivity contribution in [2.75, 3.05) is 33.4 Å². The fourth-order valence-electron chi connectivity index (χ4n) is 5.08. The van der Waals surface area contributed by atoms with Crippen LogP contribution in [-0.2, 0) is 19.1 Å². The van der Waals surface area contributed by atoms with Gasteiger partial charge in [0.15, 0.2) is 0 Å². The lowest BCUT2D eigenvalue weighted by atomic mass is 9.87. The quantitative estimate of drug-likeness (QED) is 0.599. The first kappa shape index (κ1) is 24.7. The number of carboxylic acid groups (broad SMARTS) is 1. The number of ether oxygens (including phenoxy) is 2. The Morgan fingerprint density at radius 3 is 2.17 bits per heavy atom. The molecule has 4 rings (SSSR count). The van der Waals surface area contributed by atoms with E-state index in [0.29, 0.717) is 6.42 Å². The Balaban J connectivity index is 1.28. The number of carbonyl (C=O) groups is 3. The average Bonchev–Trinajstić information content (AvgIpc) is 3.42. The van der Waals surface area contributed by atoms with Crippen LogP contribution in [0.15, 0.2) is 48.5 Å². The molecule has 1 aliphatic carbocycles. The zero-order valence-corrected chi connectivity index (χ0v) is 20.3. The van der Waals surface area contributed by atoms with E-state index in [0.717, 1.165) is 11.1 Å². The lowest BCUT2D eigenvalue weighted by Crippen LogP contribution is -2.42. The third kappa shape index (κ3) is 5.03. The van der Waals surface area contributed by atoms with E-state index in [4.69, 9.17) is 9.47 Å². The lowest BCUT2D eigenvalue weighted by molar-refractivity contribution is -0.144. The van der Waals surface area contributed by atoms with Crippen molar-refractivity contribution >= 4 is 18.0 Å². The molecule has 8 heteroatoms. The summed E-state index contributed by atoms with van der Waals surface area (Å²) >= 11 is 0. The molecule has 1 fully saturated rings. The first-order chi connectivity index (χ1) is 16.7. The van der Waals surface area contributed by atoms with Crippen LogP contribution in [0, 0.1) is 11.3 Å². The van der Waals surface area contributed by atoms with E-state index < -0.39 is 29.5 Å². The highest BCUT2D eigenvalue weighted by atomic mass is 16.5. The second-order valence-corrected chi connectivity index (χ2v) is 9.82. The Hall–Kier alpha value is -3.39. The standard InChI is InChI=1S/C27H32N2O6/c1-27(2,25(32)29-14-21(24(30)31)23(15-29)34-3)12-13-28-26(33)35-16-22-19-10-6-4-8-17(19)18-9-5-7-11-20(18)22/h4-11,21-23H,12-16H2,1-3H3,(H,28,33)(H,30,31). The predicted octanol–water partition coefficient (Wildman–Crippen LogP) is 3.50. The third-order valence-electron chi connectivity index (χ3n) is 7.12. The summed E-state index contributed by atoms with van der Waals surface area (Å²) in [6, 6.07) is 16.3. The van der Waals surface area contributed by atoms with Crippen LogP contribution in [0.2, 0.25) is 0 Å². The fourth-order valence-corrected chi connectivity index (χ4v) is 5.08. The monoisotopic (exact) mass is 480 g/mol. The van der Waals surface area contributed by atoms with Gasteiger partial charge in [-0.3, -0.25) is 9.59 Å². The van der Waals surface area contributed by atoms with Crippen molar-refractivity contribution in [3.05, 3.63) is 59.7 Å². The van der Waals surface area contributed by atoms with Crippen molar-refractivity contribution < 1.29 is 29.0 Å². The summed E-state index contributed by atoms with van der Waals surface area (Å²) in [5.74, 6) is -1.88. The highest BCUT2D eigenvalue weighted by Crippen LogP contribution is 2.44. The van der Waals surface area contributed by atoms with Crippen LogP contribution in [0.25, 0.3) is 11.1 Å². The molecule has 2 aromatic carbocycles. The van der Waals surface area contributed by atoms with E-state index in [1.807, 2.05) is 24.3 Å². The molecule has 0 aromatic heterocycles. The summed E-state index contributed by atoms with van der Waals surface area (Å²) in [4.78, 5) is 38.5. The SMILES string of the molecule is COC1CN(C(=O)C(C)(C)CCNC(=O)OCC2c3ccccc3-c3ccccc32)CC1C(=O)O. The average molecular weight is 481 g/mol. The molecule has 1 heterocycles. The van der Waals surface area contributed by atoms with Crippen LogP contribution >= 0.6 is 0 Å². The van der Waals surface area contributed by atoms with Crippen molar-refractivity contribution in [1.82, 2.24) is 10.2 Å². The molecule has 1 saturated heterocycles. The maximum Gasteiger partial charge on any atom is 0.407 e. The van der Waals surface area contributed by atoms with Crippen molar-refractivity contribution in [3.63, 3.8) is 0 Å². The summed E-state index contributed by atoms with van der Waals surface area (Å²) < 4.78 is 10.8. The molecule has 0 saturated carbocycles. The maximum absolute atomic E-state index is 13.0. The number of amides is 2. The van der Waals surface area contributed by atoms with Crippen LogP contribution < -0.4 is 5.32 Å². The van der Waals surface area contributed by atoms with E-state index >= 15 is 0 Å². The van der Waals surface area contributed by atoms with Crippen LogP contribution in [0.4, 0.5) is 4.79 Å². The molecule has 2 aliphatic rings. The molecule has 0 bridgehead atoms. The highest BCUT2D eigenvalue weighted by Gasteiger charge is 2.43. The molecule has 1 aliphatic heterocycles. The molecule has 0 radical (unpaired) electrons. The minimum atomic E-state index is -0.970. The number of carboxylic acids is 1. The molecule has 35 heavy (non-hydrogen) atoms. The Labute approximate surface area is 205 Å². The van der Waals surface area contributed by atoms with E-state index in [1.165, 1.54) is 18.2 Å². The lowest BCUT2D eigenvalue weighted by Gasteiger charge is -2.29. The van der Waals surface area contributed by atoms with Crippen LogP contribution in [0.3, 0.4) is 0 Å². The summed E-state index contributed by atoms with van der Waals surface area (Å²) in [5, 5.41) is 12.1. The van der Waals surface area contributed by atoms with Gasteiger partial charge in [0.1, 0.15) is 12.5 Å².